The number of carbonyl (C=O) groups excluding carboxylic acids is 3. The molecule has 7 N–H and O–H groups in total. The largest absolute Gasteiger partial charge is 0.506 e. The highest BCUT2D eigenvalue weighted by Crippen LogP contribution is 2.34. The Morgan fingerprint density at radius 1 is 0.848 bits per heavy atom. The highest BCUT2D eigenvalue weighted by atomic mass is 16.5. The van der Waals surface area contributed by atoms with Gasteiger partial charge in [0.15, 0.2) is 6.61 Å². The number of aromatic hydroxyl groups is 1. The van der Waals surface area contributed by atoms with Crippen molar-refractivity contribution in [3.05, 3.63) is 171 Å². The molecule has 2 aromatic heterocycles. The first-order valence-corrected chi connectivity index (χ1v) is 22.3. The number of phenols is 1. The molecule has 2 fully saturated rings. The number of aromatic amines is 1. The third-order valence-electron chi connectivity index (χ3n) is 12.3. The van der Waals surface area contributed by atoms with Gasteiger partial charge in [-0.15, -0.1) is 0 Å². The van der Waals surface area contributed by atoms with Gasteiger partial charge in [-0.2, -0.15) is 0 Å². The van der Waals surface area contributed by atoms with E-state index in [0.29, 0.717) is 52.9 Å². The molecule has 0 spiro atoms. The van der Waals surface area contributed by atoms with Gasteiger partial charge in [0.1, 0.15) is 11.5 Å². The summed E-state index contributed by atoms with van der Waals surface area (Å²) in [5, 5.41) is 42.7. The first kappa shape index (κ1) is 45.7. The van der Waals surface area contributed by atoms with Crippen LogP contribution < -0.4 is 26.2 Å². The highest BCUT2D eigenvalue weighted by Gasteiger charge is 2.42. The van der Waals surface area contributed by atoms with Crippen LogP contribution in [0.2, 0.25) is 0 Å². The van der Waals surface area contributed by atoms with Crippen molar-refractivity contribution in [2.24, 2.45) is 5.92 Å². The number of hydrogen-bond acceptors (Lipinski definition) is 12. The summed E-state index contributed by atoms with van der Waals surface area (Å²) in [5.74, 6) is -1.03. The standard InChI is InChI=1S/C51H54N6O9/c58-44-18-16-42(43-17-19-46(60)56-48(43)44)45(59)29-52-28-38-15-14-35(27-53-38)49(62)55-40-25-39(26-40)54-47(61)32-65-41-13-7-12-37(24-41)51(64,36-10-5-2-6-11-36)50(63)66-31-34-20-22-57(23-21-34)30-33-8-3-1-4-9-33/h1-19,24,27,34,39-40,45,52,58-59,64H,20-23,25-26,28-32H2,(H,54,61)(H,55,62)(H,56,60)/t39-,40-,45-,51-/m0/s1. The van der Waals surface area contributed by atoms with Crippen molar-refractivity contribution in [3.63, 3.8) is 0 Å². The van der Waals surface area contributed by atoms with E-state index in [1.807, 2.05) is 18.2 Å². The number of carbonyl (C=O) groups is 3. The van der Waals surface area contributed by atoms with E-state index in [1.54, 1.807) is 78.9 Å². The molecule has 8 rings (SSSR count). The van der Waals surface area contributed by atoms with Gasteiger partial charge < -0.3 is 45.7 Å². The normalized spacial score (nSPS) is 17.8. The first-order valence-electron chi connectivity index (χ1n) is 22.3. The summed E-state index contributed by atoms with van der Waals surface area (Å²) in [7, 11) is 0. The van der Waals surface area contributed by atoms with E-state index < -0.39 is 17.7 Å². The third kappa shape index (κ3) is 11.1. The minimum Gasteiger partial charge on any atom is -0.506 e. The van der Waals surface area contributed by atoms with Crippen LogP contribution in [0.1, 0.15) is 70.1 Å². The molecule has 6 aromatic rings. The van der Waals surface area contributed by atoms with Crippen LogP contribution in [0.5, 0.6) is 11.5 Å². The topological polar surface area (TPSA) is 215 Å². The molecule has 0 bridgehead atoms. The number of rotatable bonds is 18. The second kappa shape index (κ2) is 20.9. The summed E-state index contributed by atoms with van der Waals surface area (Å²) in [6.07, 6.45) is 3.39. The van der Waals surface area contributed by atoms with Gasteiger partial charge in [-0.25, -0.2) is 4.79 Å². The second-order valence-electron chi connectivity index (χ2n) is 17.1. The maximum atomic E-state index is 13.8. The summed E-state index contributed by atoms with van der Waals surface area (Å²) < 4.78 is 11.7. The lowest BCUT2D eigenvalue weighted by molar-refractivity contribution is -0.164. The number of nitrogens with zero attached hydrogens (tertiary/aromatic N) is 2. The SMILES string of the molecule is O=C(COc1cccc([C@](O)(C(=O)OCC2CCN(Cc3ccccc3)CC2)c2ccccc2)c1)N[C@H]1C[C@H](NC(=O)c2ccc(CNC[C@H](O)c3ccc(O)c4[nH]c(=O)ccc34)nc2)C1. The predicted molar refractivity (Wildman–Crippen MR) is 246 cm³/mol. The van der Waals surface area contributed by atoms with Crippen LogP contribution >= 0.6 is 0 Å². The van der Waals surface area contributed by atoms with Crippen molar-refractivity contribution in [1.29, 1.82) is 0 Å². The molecule has 15 nitrogen and oxygen atoms in total. The van der Waals surface area contributed by atoms with Crippen LogP contribution in [-0.2, 0) is 33.0 Å². The summed E-state index contributed by atoms with van der Waals surface area (Å²) in [5.41, 5.74) is 1.26. The maximum Gasteiger partial charge on any atom is 0.347 e. The fraction of sp³-hybridized carbons (Fsp3) is 0.314. The van der Waals surface area contributed by atoms with E-state index in [-0.39, 0.29) is 72.0 Å². The zero-order chi connectivity index (χ0) is 46.0. The van der Waals surface area contributed by atoms with Gasteiger partial charge >= 0.3 is 5.97 Å². The van der Waals surface area contributed by atoms with Crippen molar-refractivity contribution >= 4 is 28.7 Å². The molecule has 15 heteroatoms. The average molecular weight is 895 g/mol. The maximum absolute atomic E-state index is 13.8. The molecule has 3 heterocycles. The summed E-state index contributed by atoms with van der Waals surface area (Å²) in [6, 6.07) is 34.5. The Morgan fingerprint density at radius 2 is 1.58 bits per heavy atom. The number of pyridine rings is 2. The van der Waals surface area contributed by atoms with Crippen molar-refractivity contribution in [3.8, 4) is 11.5 Å². The zero-order valence-electron chi connectivity index (χ0n) is 36.4. The van der Waals surface area contributed by atoms with Crippen molar-refractivity contribution < 1.29 is 39.2 Å². The summed E-state index contributed by atoms with van der Waals surface area (Å²) in [6.45, 7) is 3.07. The number of aliphatic hydroxyl groups is 2. The number of fused-ring (bicyclic) bond motifs is 1. The Kier molecular flexibility index (Phi) is 14.5. The second-order valence-corrected chi connectivity index (χ2v) is 17.1. The molecule has 1 saturated carbocycles. The van der Waals surface area contributed by atoms with Crippen molar-refractivity contribution in [1.82, 2.24) is 30.8 Å². The predicted octanol–water partition coefficient (Wildman–Crippen LogP) is 4.60. The van der Waals surface area contributed by atoms with E-state index in [1.165, 1.54) is 23.9 Å². The fourth-order valence-corrected chi connectivity index (χ4v) is 8.54. The molecule has 342 valence electrons. The number of aromatic nitrogens is 2. The number of amides is 2. The monoisotopic (exact) mass is 894 g/mol. The Bertz CT molecular complexity index is 2670. The molecule has 1 aliphatic heterocycles. The quantitative estimate of drug-likeness (QED) is 0.0590. The van der Waals surface area contributed by atoms with E-state index in [9.17, 15) is 34.5 Å². The number of phenolic OH excluding ortho intramolecular Hbond substituents is 1. The fourth-order valence-electron chi connectivity index (χ4n) is 8.54. The molecular weight excluding hydrogens is 841 g/mol. The van der Waals surface area contributed by atoms with Gasteiger partial charge in [0.25, 0.3) is 11.8 Å². The molecule has 0 radical (unpaired) electrons. The summed E-state index contributed by atoms with van der Waals surface area (Å²) in [4.78, 5) is 60.8. The Morgan fingerprint density at radius 3 is 2.32 bits per heavy atom. The van der Waals surface area contributed by atoms with Gasteiger partial charge in [0.2, 0.25) is 11.2 Å². The van der Waals surface area contributed by atoms with Gasteiger partial charge in [-0.3, -0.25) is 24.3 Å². The van der Waals surface area contributed by atoms with Crippen LogP contribution in [0.3, 0.4) is 0 Å². The lowest BCUT2D eigenvalue weighted by Crippen LogP contribution is -2.54. The number of H-pyrrole nitrogens is 1. The van der Waals surface area contributed by atoms with Crippen molar-refractivity contribution in [2.45, 2.75) is 62.6 Å². The van der Waals surface area contributed by atoms with E-state index >= 15 is 0 Å². The Hall–Kier alpha value is -6.91. The number of likely N-dealkylation sites (tertiary alicyclic amines) is 1. The number of nitrogens with one attached hydrogen (secondary N) is 4. The average Bonchev–Trinajstić information content (AvgIpc) is 3.33. The van der Waals surface area contributed by atoms with Gasteiger partial charge in [-0.05, 0) is 97.8 Å². The number of piperidine rings is 1. The molecular formula is C51H54N6O9. The first-order chi connectivity index (χ1) is 32.0. The molecule has 66 heavy (non-hydrogen) atoms. The number of benzene rings is 4. The molecule has 2 aliphatic rings. The number of esters is 1. The van der Waals surface area contributed by atoms with Crippen LogP contribution in [-0.4, -0.2) is 92.9 Å². The molecule has 2 amide bonds. The smallest absolute Gasteiger partial charge is 0.347 e. The van der Waals surface area contributed by atoms with E-state index in [4.69, 9.17) is 9.47 Å². The highest BCUT2D eigenvalue weighted by molar-refractivity contribution is 5.94. The Balaban J connectivity index is 0.763. The molecule has 0 unspecified atom stereocenters. The Labute approximate surface area is 381 Å². The van der Waals surface area contributed by atoms with Crippen LogP contribution in [0, 0.1) is 5.92 Å². The number of aliphatic hydroxyl groups excluding tert-OH is 1. The van der Waals surface area contributed by atoms with Crippen LogP contribution in [0.15, 0.2) is 132 Å². The number of hydrogen-bond donors (Lipinski definition) is 7. The van der Waals surface area contributed by atoms with Crippen molar-refractivity contribution in [2.75, 3.05) is 32.8 Å². The van der Waals surface area contributed by atoms with Gasteiger partial charge in [-0.1, -0.05) is 78.9 Å². The summed E-state index contributed by atoms with van der Waals surface area (Å²) >= 11 is 0. The van der Waals surface area contributed by atoms with Gasteiger partial charge in [0.05, 0.1) is 29.5 Å². The molecule has 1 aliphatic carbocycles. The van der Waals surface area contributed by atoms with Crippen LogP contribution in [0.25, 0.3) is 10.9 Å². The third-order valence-corrected chi connectivity index (χ3v) is 12.3. The zero-order valence-corrected chi connectivity index (χ0v) is 36.4. The number of ether oxygens (including phenoxy) is 2. The minimum absolute atomic E-state index is 0.0835. The van der Waals surface area contributed by atoms with Crippen LogP contribution in [0.4, 0.5) is 0 Å². The van der Waals surface area contributed by atoms with E-state index in [0.717, 1.165) is 32.5 Å². The molecule has 4 aromatic carbocycles. The lowest BCUT2D eigenvalue weighted by atomic mass is 9.86. The van der Waals surface area contributed by atoms with Gasteiger partial charge in [0, 0.05) is 54.9 Å². The molecule has 1 saturated heterocycles. The molecule has 2 atom stereocenters. The van der Waals surface area contributed by atoms with E-state index in [2.05, 4.69) is 43.0 Å². The lowest BCUT2D eigenvalue weighted by Gasteiger charge is -2.36. The minimum atomic E-state index is -2.11.